The molecule has 2 aromatic heterocycles. The van der Waals surface area contributed by atoms with Gasteiger partial charge in [-0.05, 0) is 36.3 Å². The van der Waals surface area contributed by atoms with Crippen LogP contribution in [0.15, 0.2) is 29.8 Å². The third-order valence-corrected chi connectivity index (χ3v) is 6.25. The van der Waals surface area contributed by atoms with Gasteiger partial charge in [0.2, 0.25) is 11.8 Å². The Morgan fingerprint density at radius 3 is 2.96 bits per heavy atom. The predicted molar refractivity (Wildman–Crippen MR) is 99.6 cm³/mol. The van der Waals surface area contributed by atoms with E-state index in [0.717, 1.165) is 18.5 Å². The number of hydrogen-bond acceptors (Lipinski definition) is 4. The van der Waals surface area contributed by atoms with E-state index in [2.05, 4.69) is 23.4 Å². The van der Waals surface area contributed by atoms with E-state index in [4.69, 9.17) is 0 Å². The molecular weight excluding hydrogens is 348 g/mol. The summed E-state index contributed by atoms with van der Waals surface area (Å²) in [6.07, 6.45) is 3.95. The Bertz CT molecular complexity index is 785. The summed E-state index contributed by atoms with van der Waals surface area (Å²) < 4.78 is 1.92. The van der Waals surface area contributed by atoms with Crippen LogP contribution in [0.4, 0.5) is 0 Å². The lowest BCUT2D eigenvalue weighted by molar-refractivity contribution is -0.136. The zero-order valence-electron chi connectivity index (χ0n) is 14.9. The molecule has 1 saturated carbocycles. The molecule has 2 amide bonds. The molecule has 0 spiro atoms. The van der Waals surface area contributed by atoms with E-state index in [1.807, 2.05) is 27.1 Å². The standard InChI is InChI=1S/C19H24N4O2S/c1-13-9-17(13)19(25)22-11-14-4-7-21-23(14)15(12-22)10-18(24)20-6-5-16-3-2-8-26-16/h2-4,7-8,13,15,17H,5-6,9-12H2,1H3,(H,20,24)/t13-,15-,17+/m1/s1. The lowest BCUT2D eigenvalue weighted by atomic mass is 10.1. The highest BCUT2D eigenvalue weighted by atomic mass is 32.1. The molecule has 3 atom stereocenters. The molecule has 26 heavy (non-hydrogen) atoms. The SMILES string of the molecule is C[C@@H]1C[C@@H]1C(=O)N1Cc2ccnn2[C@H](CC(=O)NCCc2cccs2)C1. The molecule has 1 N–H and O–H groups in total. The lowest BCUT2D eigenvalue weighted by Crippen LogP contribution is -2.43. The number of hydrogen-bond donors (Lipinski definition) is 1. The van der Waals surface area contributed by atoms with Crippen molar-refractivity contribution < 1.29 is 9.59 Å². The molecule has 4 rings (SSSR count). The lowest BCUT2D eigenvalue weighted by Gasteiger charge is -2.34. The summed E-state index contributed by atoms with van der Waals surface area (Å²) >= 11 is 1.70. The van der Waals surface area contributed by atoms with Gasteiger partial charge in [-0.3, -0.25) is 14.3 Å². The first kappa shape index (κ1) is 17.3. The van der Waals surface area contributed by atoms with Gasteiger partial charge in [-0.1, -0.05) is 13.0 Å². The molecule has 0 aromatic carbocycles. The molecule has 7 heteroatoms. The van der Waals surface area contributed by atoms with Crippen LogP contribution in [0.5, 0.6) is 0 Å². The molecule has 0 unspecified atom stereocenters. The predicted octanol–water partition coefficient (Wildman–Crippen LogP) is 2.23. The van der Waals surface area contributed by atoms with E-state index < -0.39 is 0 Å². The molecule has 2 aromatic rings. The topological polar surface area (TPSA) is 67.2 Å². The van der Waals surface area contributed by atoms with Gasteiger partial charge in [-0.15, -0.1) is 11.3 Å². The first-order valence-corrected chi connectivity index (χ1v) is 10.1. The minimum absolute atomic E-state index is 0.0158. The monoisotopic (exact) mass is 372 g/mol. The van der Waals surface area contributed by atoms with Crippen molar-refractivity contribution in [3.8, 4) is 0 Å². The number of nitrogens with one attached hydrogen (secondary N) is 1. The molecule has 1 fully saturated rings. The number of carbonyl (C=O) groups is 2. The van der Waals surface area contributed by atoms with Crippen LogP contribution in [-0.4, -0.2) is 39.6 Å². The number of rotatable bonds is 6. The van der Waals surface area contributed by atoms with Gasteiger partial charge >= 0.3 is 0 Å². The van der Waals surface area contributed by atoms with E-state index in [1.165, 1.54) is 4.88 Å². The second-order valence-corrected chi connectivity index (χ2v) is 8.37. The van der Waals surface area contributed by atoms with Crippen LogP contribution in [0.1, 0.15) is 36.4 Å². The largest absolute Gasteiger partial charge is 0.356 e. The highest BCUT2D eigenvalue weighted by molar-refractivity contribution is 7.09. The number of fused-ring (bicyclic) bond motifs is 1. The van der Waals surface area contributed by atoms with Crippen molar-refractivity contribution in [3.63, 3.8) is 0 Å². The second kappa shape index (κ2) is 7.23. The van der Waals surface area contributed by atoms with Crippen molar-refractivity contribution >= 4 is 23.2 Å². The van der Waals surface area contributed by atoms with E-state index >= 15 is 0 Å². The number of thiophene rings is 1. The van der Waals surface area contributed by atoms with Crippen molar-refractivity contribution in [2.75, 3.05) is 13.1 Å². The van der Waals surface area contributed by atoms with Gasteiger partial charge in [-0.25, -0.2) is 0 Å². The molecule has 2 aliphatic rings. The summed E-state index contributed by atoms with van der Waals surface area (Å²) in [6, 6.07) is 5.96. The normalized spacial score (nSPS) is 24.2. The van der Waals surface area contributed by atoms with Crippen LogP contribution >= 0.6 is 11.3 Å². The van der Waals surface area contributed by atoms with E-state index in [-0.39, 0.29) is 23.8 Å². The highest BCUT2D eigenvalue weighted by Gasteiger charge is 2.43. The van der Waals surface area contributed by atoms with Crippen molar-refractivity contribution in [1.29, 1.82) is 0 Å². The van der Waals surface area contributed by atoms with E-state index in [1.54, 1.807) is 17.5 Å². The van der Waals surface area contributed by atoms with Crippen LogP contribution in [-0.2, 0) is 22.6 Å². The van der Waals surface area contributed by atoms with Gasteiger partial charge in [0.05, 0.1) is 24.7 Å². The Kier molecular flexibility index (Phi) is 4.80. The third kappa shape index (κ3) is 3.67. The molecule has 3 heterocycles. The van der Waals surface area contributed by atoms with Crippen LogP contribution in [0.3, 0.4) is 0 Å². The smallest absolute Gasteiger partial charge is 0.226 e. The van der Waals surface area contributed by atoms with Crippen LogP contribution in [0.25, 0.3) is 0 Å². The Labute approximate surface area is 157 Å². The summed E-state index contributed by atoms with van der Waals surface area (Å²) in [7, 11) is 0. The molecule has 0 radical (unpaired) electrons. The molecule has 1 aliphatic carbocycles. The van der Waals surface area contributed by atoms with Crippen molar-refractivity contribution in [2.24, 2.45) is 11.8 Å². The Hall–Kier alpha value is -2.15. The molecule has 0 saturated heterocycles. The molecule has 6 nitrogen and oxygen atoms in total. The van der Waals surface area contributed by atoms with Gasteiger partial charge in [0, 0.05) is 30.1 Å². The minimum atomic E-state index is -0.0894. The number of amides is 2. The van der Waals surface area contributed by atoms with E-state index in [9.17, 15) is 9.59 Å². The van der Waals surface area contributed by atoms with Gasteiger partial charge < -0.3 is 10.2 Å². The summed E-state index contributed by atoms with van der Waals surface area (Å²) in [5.74, 6) is 0.910. The Morgan fingerprint density at radius 2 is 2.23 bits per heavy atom. The maximum atomic E-state index is 12.6. The van der Waals surface area contributed by atoms with E-state index in [0.29, 0.717) is 32.0 Å². The molecular formula is C19H24N4O2S. The van der Waals surface area contributed by atoms with Crippen LogP contribution < -0.4 is 5.32 Å². The highest BCUT2D eigenvalue weighted by Crippen LogP contribution is 2.40. The Morgan fingerprint density at radius 1 is 1.38 bits per heavy atom. The number of nitrogens with zero attached hydrogens (tertiary/aromatic N) is 3. The first-order chi connectivity index (χ1) is 12.6. The number of aromatic nitrogens is 2. The second-order valence-electron chi connectivity index (χ2n) is 7.34. The summed E-state index contributed by atoms with van der Waals surface area (Å²) in [4.78, 5) is 28.2. The summed E-state index contributed by atoms with van der Waals surface area (Å²) in [5.41, 5.74) is 1.01. The maximum absolute atomic E-state index is 12.6. The fourth-order valence-electron chi connectivity index (χ4n) is 3.67. The third-order valence-electron chi connectivity index (χ3n) is 5.32. The molecule has 138 valence electrons. The van der Waals surface area contributed by atoms with Gasteiger partial charge in [0.25, 0.3) is 0 Å². The van der Waals surface area contributed by atoms with Crippen molar-refractivity contribution in [3.05, 3.63) is 40.3 Å². The van der Waals surface area contributed by atoms with Gasteiger partial charge in [-0.2, -0.15) is 5.10 Å². The maximum Gasteiger partial charge on any atom is 0.226 e. The minimum Gasteiger partial charge on any atom is -0.356 e. The fraction of sp³-hybridized carbons (Fsp3) is 0.526. The first-order valence-electron chi connectivity index (χ1n) is 9.22. The zero-order valence-corrected chi connectivity index (χ0v) is 15.7. The average molecular weight is 372 g/mol. The van der Waals surface area contributed by atoms with Gasteiger partial charge in [0.15, 0.2) is 0 Å². The zero-order chi connectivity index (χ0) is 18.1. The molecule has 1 aliphatic heterocycles. The number of carbonyl (C=O) groups excluding carboxylic acids is 2. The van der Waals surface area contributed by atoms with Gasteiger partial charge in [0.1, 0.15) is 0 Å². The quantitative estimate of drug-likeness (QED) is 0.846. The summed E-state index contributed by atoms with van der Waals surface area (Å²) in [5, 5.41) is 9.43. The van der Waals surface area contributed by atoms with Crippen LogP contribution in [0, 0.1) is 11.8 Å². The molecule has 0 bridgehead atoms. The van der Waals surface area contributed by atoms with Crippen molar-refractivity contribution in [1.82, 2.24) is 20.0 Å². The Balaban J connectivity index is 1.35. The summed E-state index contributed by atoms with van der Waals surface area (Å²) in [6.45, 7) is 3.92. The fourth-order valence-corrected chi connectivity index (χ4v) is 4.38. The van der Waals surface area contributed by atoms with Crippen molar-refractivity contribution in [2.45, 2.75) is 38.8 Å². The van der Waals surface area contributed by atoms with Crippen LogP contribution in [0.2, 0.25) is 0 Å². The average Bonchev–Trinajstić information content (AvgIpc) is 3.05.